The first kappa shape index (κ1) is 26.4. The molecule has 1 aromatic carbocycles. The molecule has 0 fully saturated rings. The molecule has 2 rings (SSSR count). The van der Waals surface area contributed by atoms with Crippen LogP contribution in [0.3, 0.4) is 0 Å². The van der Waals surface area contributed by atoms with Gasteiger partial charge in [-0.1, -0.05) is 55.8 Å². The second-order valence-corrected chi connectivity index (χ2v) is 9.21. The van der Waals surface area contributed by atoms with Gasteiger partial charge in [0.05, 0.1) is 17.0 Å². The first-order valence-electron chi connectivity index (χ1n) is 10.3. The van der Waals surface area contributed by atoms with Gasteiger partial charge in [0.1, 0.15) is 12.6 Å². The Labute approximate surface area is 192 Å². The number of hydrogen-bond donors (Lipinski definition) is 2. The quantitative estimate of drug-likeness (QED) is 0.436. The molecule has 0 bridgehead atoms. The third-order valence-electron chi connectivity index (χ3n) is 5.09. The Kier molecular flexibility index (Phi) is 9.02. The number of carbonyl (C=O) groups excluding carboxylic acids is 1. The summed E-state index contributed by atoms with van der Waals surface area (Å²) in [6, 6.07) is 3.89. The van der Waals surface area contributed by atoms with E-state index in [0.29, 0.717) is 11.1 Å². The minimum Gasteiger partial charge on any atom is -0.342 e. The summed E-state index contributed by atoms with van der Waals surface area (Å²) in [5, 5.41) is 13.4. The molecule has 0 aromatic heterocycles. The van der Waals surface area contributed by atoms with Gasteiger partial charge in [-0.25, -0.2) is 0 Å². The Morgan fingerprint density at radius 3 is 2.33 bits per heavy atom. The second kappa shape index (κ2) is 11.3. The third kappa shape index (κ3) is 7.30. The zero-order valence-electron chi connectivity index (χ0n) is 18.5. The average molecular weight is 482 g/mol. The highest BCUT2D eigenvalue weighted by molar-refractivity contribution is 7.74. The highest BCUT2D eigenvalue weighted by Crippen LogP contribution is 2.34. The first-order chi connectivity index (χ1) is 15.4. The summed E-state index contributed by atoms with van der Waals surface area (Å²) in [6.07, 6.45) is -0.893. The minimum atomic E-state index is -4.69. The molecule has 0 heterocycles. The normalized spacial score (nSPS) is 15.9. The maximum atomic E-state index is 13.9. The molecule has 2 atom stereocenters. The number of benzene rings is 1. The van der Waals surface area contributed by atoms with E-state index in [1.54, 1.807) is 39.0 Å². The number of nitriles is 1. The number of nitrogens with zero attached hydrogens (tertiary/aromatic N) is 1. The summed E-state index contributed by atoms with van der Waals surface area (Å²) >= 11 is 0. The van der Waals surface area contributed by atoms with Crippen molar-refractivity contribution in [1.29, 1.82) is 5.26 Å². The zero-order chi connectivity index (χ0) is 24.8. The molecule has 2 unspecified atom stereocenters. The minimum absolute atomic E-state index is 0.0664. The van der Waals surface area contributed by atoms with Gasteiger partial charge in [-0.15, -0.1) is 0 Å². The predicted octanol–water partition coefficient (Wildman–Crippen LogP) is 3.72. The smallest absolute Gasteiger partial charge is 0.342 e. The van der Waals surface area contributed by atoms with Gasteiger partial charge in [0.2, 0.25) is 16.2 Å². The van der Waals surface area contributed by atoms with E-state index in [9.17, 15) is 26.4 Å². The molecule has 1 aromatic rings. The molecule has 1 aliphatic carbocycles. The average Bonchev–Trinajstić information content (AvgIpc) is 2.74. The van der Waals surface area contributed by atoms with E-state index in [0.717, 1.165) is 5.57 Å². The SMILES string of the molecule is CC1=CC=C(c2ccc(C(NC(CC(C)C)C(=O)NCC#N)C(F)(F)F)cc2)C(=S(=O)=O)C1. The Morgan fingerprint density at radius 2 is 1.82 bits per heavy atom. The van der Waals surface area contributed by atoms with E-state index in [1.165, 1.54) is 24.3 Å². The largest absolute Gasteiger partial charge is 0.407 e. The summed E-state index contributed by atoms with van der Waals surface area (Å²) < 4.78 is 65.0. The lowest BCUT2D eigenvalue weighted by atomic mass is 9.92. The van der Waals surface area contributed by atoms with Crippen molar-refractivity contribution in [3.8, 4) is 6.07 Å². The number of halogens is 3. The molecule has 33 heavy (non-hydrogen) atoms. The lowest BCUT2D eigenvalue weighted by Gasteiger charge is -2.28. The van der Waals surface area contributed by atoms with Gasteiger partial charge >= 0.3 is 6.18 Å². The molecule has 2 N–H and O–H groups in total. The number of nitrogens with one attached hydrogen (secondary N) is 2. The van der Waals surface area contributed by atoms with E-state index < -0.39 is 34.5 Å². The Hall–Kier alpha value is -2.90. The van der Waals surface area contributed by atoms with Crippen molar-refractivity contribution < 1.29 is 26.4 Å². The summed E-state index contributed by atoms with van der Waals surface area (Å²) in [5.41, 5.74) is 1.67. The summed E-state index contributed by atoms with van der Waals surface area (Å²) in [7, 11) is -2.46. The highest BCUT2D eigenvalue weighted by Gasteiger charge is 2.43. The van der Waals surface area contributed by atoms with Crippen molar-refractivity contribution in [2.75, 3.05) is 6.54 Å². The van der Waals surface area contributed by atoms with Crippen molar-refractivity contribution in [2.45, 2.75) is 51.9 Å². The summed E-state index contributed by atoms with van der Waals surface area (Å²) in [6.45, 7) is 5.06. The van der Waals surface area contributed by atoms with Crippen molar-refractivity contribution in [3.05, 3.63) is 53.1 Å². The van der Waals surface area contributed by atoms with Crippen LogP contribution in [-0.2, 0) is 15.1 Å². The molecular formula is C23H26F3N3O3S. The molecule has 0 saturated carbocycles. The number of amides is 1. The molecular weight excluding hydrogens is 455 g/mol. The van der Waals surface area contributed by atoms with Gasteiger partial charge in [-0.3, -0.25) is 10.1 Å². The van der Waals surface area contributed by atoms with Crippen LogP contribution >= 0.6 is 0 Å². The fourth-order valence-electron chi connectivity index (χ4n) is 3.54. The fraction of sp³-hybridized carbons (Fsp3) is 0.435. The van der Waals surface area contributed by atoms with Crippen LogP contribution in [0.4, 0.5) is 13.2 Å². The third-order valence-corrected chi connectivity index (χ3v) is 5.86. The molecule has 0 spiro atoms. The monoisotopic (exact) mass is 481 g/mol. The summed E-state index contributed by atoms with van der Waals surface area (Å²) in [4.78, 5) is 12.5. The number of rotatable bonds is 8. The lowest BCUT2D eigenvalue weighted by molar-refractivity contribution is -0.161. The Morgan fingerprint density at radius 1 is 1.18 bits per heavy atom. The lowest BCUT2D eigenvalue weighted by Crippen LogP contribution is -2.49. The zero-order valence-corrected chi connectivity index (χ0v) is 19.3. The van der Waals surface area contributed by atoms with Crippen LogP contribution < -0.4 is 10.6 Å². The molecule has 0 aliphatic heterocycles. The molecule has 178 valence electrons. The Balaban J connectivity index is 2.38. The van der Waals surface area contributed by atoms with Crippen LogP contribution in [0.5, 0.6) is 0 Å². The van der Waals surface area contributed by atoms with E-state index in [2.05, 4.69) is 10.6 Å². The summed E-state index contributed by atoms with van der Waals surface area (Å²) in [5.74, 6) is -0.744. The van der Waals surface area contributed by atoms with E-state index >= 15 is 0 Å². The molecule has 0 radical (unpaired) electrons. The van der Waals surface area contributed by atoms with Crippen LogP contribution in [0.25, 0.3) is 5.57 Å². The van der Waals surface area contributed by atoms with Crippen LogP contribution in [0, 0.1) is 17.2 Å². The van der Waals surface area contributed by atoms with Crippen LogP contribution in [0.1, 0.15) is 50.8 Å². The predicted molar refractivity (Wildman–Crippen MR) is 121 cm³/mol. The molecule has 0 saturated heterocycles. The van der Waals surface area contributed by atoms with Crippen LogP contribution in [-0.4, -0.2) is 38.0 Å². The standard InChI is InChI=1S/C23H26F3N3O3S/c1-14(2)12-19(22(30)28-11-10-27)29-21(23(24,25)26)17-7-5-16(6-8-17)18-9-4-15(3)13-20(18)33(31)32/h4-9,14,19,21,29H,11-13H2,1-3H3,(H,28,30). The van der Waals surface area contributed by atoms with Gasteiger partial charge in [0, 0.05) is 12.0 Å². The van der Waals surface area contributed by atoms with Gasteiger partial charge in [-0.05, 0) is 30.4 Å². The van der Waals surface area contributed by atoms with E-state index in [4.69, 9.17) is 5.26 Å². The molecule has 6 nitrogen and oxygen atoms in total. The van der Waals surface area contributed by atoms with Crippen LogP contribution in [0.2, 0.25) is 0 Å². The number of carbonyl (C=O) groups is 1. The number of allylic oxidation sites excluding steroid dienone is 4. The first-order valence-corrected chi connectivity index (χ1v) is 11.4. The number of alkyl halides is 3. The maximum Gasteiger partial charge on any atom is 0.407 e. The van der Waals surface area contributed by atoms with Crippen LogP contribution in [0.15, 0.2) is 42.0 Å². The van der Waals surface area contributed by atoms with E-state index in [-0.39, 0.29) is 35.7 Å². The second-order valence-electron chi connectivity index (χ2n) is 8.25. The van der Waals surface area contributed by atoms with Crippen molar-refractivity contribution in [1.82, 2.24) is 10.6 Å². The van der Waals surface area contributed by atoms with Crippen molar-refractivity contribution >= 4 is 26.6 Å². The van der Waals surface area contributed by atoms with E-state index in [1.807, 2.05) is 0 Å². The topological polar surface area (TPSA) is 99.1 Å². The van der Waals surface area contributed by atoms with Gasteiger partial charge in [-0.2, -0.15) is 26.9 Å². The van der Waals surface area contributed by atoms with Gasteiger partial charge in [0.25, 0.3) is 0 Å². The molecule has 1 amide bonds. The van der Waals surface area contributed by atoms with Gasteiger partial charge in [0.15, 0.2) is 0 Å². The molecule has 10 heteroatoms. The number of hydrogen-bond acceptors (Lipinski definition) is 5. The van der Waals surface area contributed by atoms with Gasteiger partial charge < -0.3 is 5.32 Å². The fourth-order valence-corrected chi connectivity index (χ4v) is 4.25. The maximum absolute atomic E-state index is 13.9. The highest BCUT2D eigenvalue weighted by atomic mass is 32.2. The van der Waals surface area contributed by atoms with Crippen molar-refractivity contribution in [3.63, 3.8) is 0 Å². The molecule has 1 aliphatic rings. The Bertz CT molecular complexity index is 1100. The van der Waals surface area contributed by atoms with Crippen molar-refractivity contribution in [2.24, 2.45) is 5.92 Å².